The smallest absolute Gasteiger partial charge is 0.217 e. The first-order valence-corrected chi connectivity index (χ1v) is 5.06. The van der Waals surface area contributed by atoms with Crippen LogP contribution in [0.4, 0.5) is 5.69 Å². The zero-order valence-corrected chi connectivity index (χ0v) is 9.35. The highest BCUT2D eigenvalue weighted by Gasteiger charge is 2.03. The summed E-state index contributed by atoms with van der Waals surface area (Å²) in [5.74, 6) is -0.325. The van der Waals surface area contributed by atoms with E-state index >= 15 is 0 Å². The van der Waals surface area contributed by atoms with Crippen molar-refractivity contribution in [1.82, 2.24) is 10.2 Å². The molecule has 1 amide bonds. The monoisotopic (exact) mass is 248 g/mol. The molecule has 0 saturated heterocycles. The third-order valence-corrected chi connectivity index (χ3v) is 2.10. The third kappa shape index (κ3) is 4.31. The number of carbonyl (C=O) groups excluding carboxylic acids is 1. The lowest BCUT2D eigenvalue weighted by Crippen LogP contribution is -2.12. The summed E-state index contributed by atoms with van der Waals surface area (Å²) in [6.45, 7) is 0.574. The van der Waals surface area contributed by atoms with E-state index in [9.17, 15) is 4.79 Å². The highest BCUT2D eigenvalue weighted by atomic mass is 35.5. The minimum absolute atomic E-state index is 0.249. The molecule has 0 aliphatic rings. The molecule has 1 aromatic rings. The van der Waals surface area contributed by atoms with Gasteiger partial charge in [-0.3, -0.25) is 4.79 Å². The van der Waals surface area contributed by atoms with Gasteiger partial charge in [-0.1, -0.05) is 23.2 Å². The quantitative estimate of drug-likeness (QED) is 0.774. The van der Waals surface area contributed by atoms with E-state index in [4.69, 9.17) is 28.9 Å². The maximum atomic E-state index is 10.5. The molecule has 0 aliphatic heterocycles. The number of halogens is 2. The summed E-state index contributed by atoms with van der Waals surface area (Å²) in [7, 11) is 0. The summed E-state index contributed by atoms with van der Waals surface area (Å²) >= 11 is 11.4. The largest absolute Gasteiger partial charge is 0.382 e. The molecule has 0 bridgehead atoms. The van der Waals surface area contributed by atoms with Crippen LogP contribution in [0.25, 0.3) is 0 Å². The topological polar surface area (TPSA) is 80.9 Å². The van der Waals surface area contributed by atoms with Crippen molar-refractivity contribution in [3.05, 3.63) is 16.4 Å². The fourth-order valence-corrected chi connectivity index (χ4v) is 1.27. The summed E-state index contributed by atoms with van der Waals surface area (Å²) in [6.07, 6.45) is 0.961. The van der Waals surface area contributed by atoms with E-state index in [1.807, 2.05) is 0 Å². The van der Waals surface area contributed by atoms with Gasteiger partial charge in [0.1, 0.15) is 0 Å². The molecule has 1 rings (SSSR count). The molecule has 0 atom stereocenters. The fraction of sp³-hybridized carbons (Fsp3) is 0.375. The van der Waals surface area contributed by atoms with Crippen LogP contribution < -0.4 is 11.1 Å². The molecule has 0 saturated carbocycles. The highest BCUT2D eigenvalue weighted by Crippen LogP contribution is 2.20. The van der Waals surface area contributed by atoms with Crippen molar-refractivity contribution in [1.29, 1.82) is 0 Å². The summed E-state index contributed by atoms with van der Waals surface area (Å²) in [6, 6.07) is 1.57. The van der Waals surface area contributed by atoms with Crippen LogP contribution in [0, 0.1) is 0 Å². The van der Waals surface area contributed by atoms with Gasteiger partial charge in [0.05, 0.1) is 5.69 Å². The van der Waals surface area contributed by atoms with Crippen LogP contribution >= 0.6 is 23.2 Å². The fourth-order valence-electron chi connectivity index (χ4n) is 0.963. The number of primary amides is 1. The van der Waals surface area contributed by atoms with Crippen LogP contribution in [-0.2, 0) is 4.79 Å². The van der Waals surface area contributed by atoms with Gasteiger partial charge in [0.15, 0.2) is 10.3 Å². The van der Waals surface area contributed by atoms with Crippen molar-refractivity contribution in [2.75, 3.05) is 11.9 Å². The molecule has 0 unspecified atom stereocenters. The number of aromatic nitrogens is 2. The second-order valence-electron chi connectivity index (χ2n) is 2.87. The Morgan fingerprint density at radius 2 is 2.20 bits per heavy atom. The maximum Gasteiger partial charge on any atom is 0.217 e. The van der Waals surface area contributed by atoms with E-state index in [0.717, 1.165) is 0 Å². The number of nitrogens with two attached hydrogens (primary N) is 1. The van der Waals surface area contributed by atoms with E-state index in [0.29, 0.717) is 25.1 Å². The van der Waals surface area contributed by atoms with Crippen molar-refractivity contribution in [2.24, 2.45) is 5.73 Å². The predicted octanol–water partition coefficient (Wildman–Crippen LogP) is 1.46. The summed E-state index contributed by atoms with van der Waals surface area (Å²) in [4.78, 5) is 10.5. The predicted molar refractivity (Wildman–Crippen MR) is 59.0 cm³/mol. The van der Waals surface area contributed by atoms with Gasteiger partial charge in [0.2, 0.25) is 5.91 Å². The van der Waals surface area contributed by atoms with E-state index in [1.54, 1.807) is 6.07 Å². The lowest BCUT2D eigenvalue weighted by Gasteiger charge is -2.06. The Morgan fingerprint density at radius 1 is 1.47 bits per heavy atom. The number of hydrogen-bond donors (Lipinski definition) is 2. The molecule has 82 valence electrons. The van der Waals surface area contributed by atoms with Gasteiger partial charge >= 0.3 is 0 Å². The second kappa shape index (κ2) is 5.72. The molecule has 5 nitrogen and oxygen atoms in total. The van der Waals surface area contributed by atoms with Crippen LogP contribution in [0.1, 0.15) is 12.8 Å². The first-order valence-electron chi connectivity index (χ1n) is 4.30. The molecule has 7 heteroatoms. The number of anilines is 1. The van der Waals surface area contributed by atoms with Crippen molar-refractivity contribution in [3.63, 3.8) is 0 Å². The average molecular weight is 249 g/mol. The van der Waals surface area contributed by atoms with Crippen molar-refractivity contribution >= 4 is 34.8 Å². The van der Waals surface area contributed by atoms with Crippen molar-refractivity contribution < 1.29 is 4.79 Å². The third-order valence-electron chi connectivity index (χ3n) is 1.63. The zero-order valence-electron chi connectivity index (χ0n) is 7.83. The lowest BCUT2D eigenvalue weighted by molar-refractivity contribution is -0.118. The minimum atomic E-state index is -0.325. The number of carbonyl (C=O) groups is 1. The highest BCUT2D eigenvalue weighted by molar-refractivity contribution is 6.33. The number of amides is 1. The van der Waals surface area contributed by atoms with Crippen LogP contribution in [0.3, 0.4) is 0 Å². The van der Waals surface area contributed by atoms with Gasteiger partial charge in [0, 0.05) is 19.0 Å². The number of hydrogen-bond acceptors (Lipinski definition) is 4. The molecule has 0 radical (unpaired) electrons. The number of nitrogens with one attached hydrogen (secondary N) is 1. The summed E-state index contributed by atoms with van der Waals surface area (Å²) in [5, 5.41) is 10.7. The van der Waals surface area contributed by atoms with Crippen LogP contribution in [-0.4, -0.2) is 22.6 Å². The first-order chi connectivity index (χ1) is 7.09. The van der Waals surface area contributed by atoms with E-state index in [-0.39, 0.29) is 16.2 Å². The van der Waals surface area contributed by atoms with Crippen LogP contribution in [0.15, 0.2) is 6.07 Å². The number of rotatable bonds is 5. The molecule has 1 aromatic heterocycles. The van der Waals surface area contributed by atoms with E-state index in [2.05, 4.69) is 15.5 Å². The van der Waals surface area contributed by atoms with Gasteiger partial charge < -0.3 is 11.1 Å². The van der Waals surface area contributed by atoms with Crippen molar-refractivity contribution in [2.45, 2.75) is 12.8 Å². The Kier molecular flexibility index (Phi) is 4.58. The van der Waals surface area contributed by atoms with E-state index in [1.165, 1.54) is 0 Å². The maximum absolute atomic E-state index is 10.5. The van der Waals surface area contributed by atoms with Gasteiger partial charge in [-0.15, -0.1) is 10.2 Å². The first kappa shape index (κ1) is 12.0. The van der Waals surface area contributed by atoms with Gasteiger partial charge in [0.25, 0.3) is 0 Å². The van der Waals surface area contributed by atoms with E-state index < -0.39 is 0 Å². The molecular formula is C8H10Cl2N4O. The van der Waals surface area contributed by atoms with Gasteiger partial charge in [-0.25, -0.2) is 0 Å². The van der Waals surface area contributed by atoms with Crippen LogP contribution in [0.2, 0.25) is 10.3 Å². The average Bonchev–Trinajstić information content (AvgIpc) is 2.17. The summed E-state index contributed by atoms with van der Waals surface area (Å²) < 4.78 is 0. The molecule has 0 fully saturated rings. The van der Waals surface area contributed by atoms with Gasteiger partial charge in [-0.05, 0) is 6.42 Å². The molecule has 0 aliphatic carbocycles. The Bertz CT molecular complexity index is 358. The molecule has 0 aromatic carbocycles. The molecule has 15 heavy (non-hydrogen) atoms. The standard InChI is InChI=1S/C8H10Cl2N4O/c9-6-4-5(8(10)14-13-6)12-3-1-2-7(11)15/h4H,1-3H2,(H2,11,15)(H,12,13). The molecule has 1 heterocycles. The Hall–Kier alpha value is -1.07. The molecule has 3 N–H and O–H groups in total. The number of nitrogens with zero attached hydrogens (tertiary/aromatic N) is 2. The minimum Gasteiger partial charge on any atom is -0.382 e. The Labute approximate surface area is 97.0 Å². The SMILES string of the molecule is NC(=O)CCCNc1cc(Cl)nnc1Cl. The normalized spacial score (nSPS) is 10.0. The van der Waals surface area contributed by atoms with Crippen molar-refractivity contribution in [3.8, 4) is 0 Å². The van der Waals surface area contributed by atoms with Crippen LogP contribution in [0.5, 0.6) is 0 Å². The molecular weight excluding hydrogens is 239 g/mol. The molecule has 0 spiro atoms. The van der Waals surface area contributed by atoms with Gasteiger partial charge in [-0.2, -0.15) is 0 Å². The summed E-state index contributed by atoms with van der Waals surface area (Å²) in [5.41, 5.74) is 5.59. The Morgan fingerprint density at radius 3 is 2.87 bits per heavy atom. The zero-order chi connectivity index (χ0) is 11.3. The lowest BCUT2D eigenvalue weighted by atomic mass is 10.3. The Balaban J connectivity index is 2.43. The second-order valence-corrected chi connectivity index (χ2v) is 3.61.